The minimum Gasteiger partial charge on any atom is -0.339 e. The number of amides is 3. The van der Waals surface area contributed by atoms with Gasteiger partial charge in [0.25, 0.3) is 0 Å². The number of aromatic nitrogens is 2. The third-order valence-corrected chi connectivity index (χ3v) is 9.33. The number of fused-ring (bicyclic) bond motifs is 1. The zero-order valence-electron chi connectivity index (χ0n) is 23.5. The molecule has 0 bridgehead atoms. The normalized spacial score (nSPS) is 17.0. The highest BCUT2D eigenvalue weighted by atomic mass is 35.5. The zero-order chi connectivity index (χ0) is 30.1. The van der Waals surface area contributed by atoms with Gasteiger partial charge in [-0.15, -0.1) is 11.8 Å². The Bertz CT molecular complexity index is 1690. The highest BCUT2D eigenvalue weighted by Crippen LogP contribution is 2.49. The summed E-state index contributed by atoms with van der Waals surface area (Å²) in [6.07, 6.45) is 0. The van der Waals surface area contributed by atoms with Crippen LogP contribution in [-0.2, 0) is 14.4 Å². The summed E-state index contributed by atoms with van der Waals surface area (Å²) in [7, 11) is 0. The minimum absolute atomic E-state index is 0.0236. The van der Waals surface area contributed by atoms with Crippen LogP contribution in [-0.4, -0.2) is 75.8 Å². The standard InChI is InChI=1S/C32H29ClFN5O3S/c1-21(40)36-15-17-37(18-16-36)27(41)19-38-28(42)20-43-31(23-11-5-7-13-25(23)34)29-30(22-9-3-2-4-10-22)35-39(32(29)38)26-14-8-6-12-24(26)33/h2-14,31H,15-20H2,1H3/t31-/m0/s1. The van der Waals surface area contributed by atoms with Gasteiger partial charge in [0.05, 0.1) is 27.4 Å². The maximum atomic E-state index is 15.4. The van der Waals surface area contributed by atoms with Gasteiger partial charge >= 0.3 is 0 Å². The largest absolute Gasteiger partial charge is 0.339 e. The van der Waals surface area contributed by atoms with Crippen molar-refractivity contribution in [3.63, 3.8) is 0 Å². The van der Waals surface area contributed by atoms with E-state index in [2.05, 4.69) is 0 Å². The molecule has 0 spiro atoms. The number of rotatable bonds is 5. The lowest BCUT2D eigenvalue weighted by Crippen LogP contribution is -2.53. The molecule has 6 rings (SSSR count). The van der Waals surface area contributed by atoms with Crippen LogP contribution in [0.3, 0.4) is 0 Å². The summed E-state index contributed by atoms with van der Waals surface area (Å²) >= 11 is 8.00. The Morgan fingerprint density at radius 2 is 1.58 bits per heavy atom. The van der Waals surface area contributed by atoms with Gasteiger partial charge in [-0.05, 0) is 18.2 Å². The van der Waals surface area contributed by atoms with Crippen LogP contribution in [0.2, 0.25) is 5.02 Å². The van der Waals surface area contributed by atoms with Crippen molar-refractivity contribution in [1.82, 2.24) is 19.6 Å². The van der Waals surface area contributed by atoms with Crippen LogP contribution in [0.4, 0.5) is 10.2 Å². The summed E-state index contributed by atoms with van der Waals surface area (Å²) in [5, 5.41) is 4.82. The Hall–Kier alpha value is -4.15. The molecule has 43 heavy (non-hydrogen) atoms. The molecule has 1 saturated heterocycles. The SMILES string of the molecule is CC(=O)N1CCN(C(=O)CN2C(=O)CS[C@@H](c3ccccc3F)c3c(-c4ccccc4)nn(-c4ccccc4Cl)c32)CC1. The third-order valence-electron chi connectivity index (χ3n) is 7.78. The maximum Gasteiger partial charge on any atom is 0.242 e. The lowest BCUT2D eigenvalue weighted by atomic mass is 9.99. The minimum atomic E-state index is -0.592. The molecule has 4 aromatic rings. The van der Waals surface area contributed by atoms with E-state index < -0.39 is 11.1 Å². The van der Waals surface area contributed by atoms with Gasteiger partial charge in [-0.3, -0.25) is 19.3 Å². The Labute approximate surface area is 258 Å². The predicted molar refractivity (Wildman–Crippen MR) is 166 cm³/mol. The predicted octanol–water partition coefficient (Wildman–Crippen LogP) is 5.19. The first-order chi connectivity index (χ1) is 20.8. The second-order valence-electron chi connectivity index (χ2n) is 10.4. The summed E-state index contributed by atoms with van der Waals surface area (Å²) in [6.45, 7) is 2.89. The average molecular weight is 618 g/mol. The molecule has 11 heteroatoms. The lowest BCUT2D eigenvalue weighted by molar-refractivity contribution is -0.137. The van der Waals surface area contributed by atoms with Gasteiger partial charge in [0.1, 0.15) is 18.2 Å². The Morgan fingerprint density at radius 3 is 2.28 bits per heavy atom. The van der Waals surface area contributed by atoms with Gasteiger partial charge in [-0.2, -0.15) is 5.10 Å². The summed E-state index contributed by atoms with van der Waals surface area (Å²) in [5.74, 6) is -0.566. The fourth-order valence-electron chi connectivity index (χ4n) is 5.56. The average Bonchev–Trinajstić information content (AvgIpc) is 3.34. The number of piperazine rings is 1. The van der Waals surface area contributed by atoms with Gasteiger partial charge in [0.15, 0.2) is 0 Å². The molecular weight excluding hydrogens is 589 g/mol. The van der Waals surface area contributed by atoms with E-state index in [9.17, 15) is 14.4 Å². The number of thioether (sulfide) groups is 1. The number of hydrogen-bond donors (Lipinski definition) is 0. The maximum absolute atomic E-state index is 15.4. The van der Waals surface area contributed by atoms with E-state index in [1.807, 2.05) is 36.4 Å². The van der Waals surface area contributed by atoms with Crippen molar-refractivity contribution in [1.29, 1.82) is 0 Å². The molecule has 0 saturated carbocycles. The van der Waals surface area contributed by atoms with Crippen LogP contribution in [0, 0.1) is 5.82 Å². The van der Waals surface area contributed by atoms with Gasteiger partial charge in [-0.1, -0.05) is 72.3 Å². The molecule has 1 fully saturated rings. The first-order valence-corrected chi connectivity index (χ1v) is 15.4. The van der Waals surface area contributed by atoms with Crippen molar-refractivity contribution < 1.29 is 18.8 Å². The van der Waals surface area contributed by atoms with E-state index >= 15 is 4.39 Å². The third kappa shape index (κ3) is 5.64. The number of benzene rings is 3. The van der Waals surface area contributed by atoms with Gasteiger partial charge in [-0.25, -0.2) is 9.07 Å². The highest BCUT2D eigenvalue weighted by Gasteiger charge is 2.39. The first kappa shape index (κ1) is 28.9. The number of halogens is 2. The van der Waals surface area contributed by atoms with Crippen molar-refractivity contribution in [2.75, 3.05) is 43.4 Å². The Kier molecular flexibility index (Phi) is 8.23. The summed E-state index contributed by atoms with van der Waals surface area (Å²) < 4.78 is 17.0. The van der Waals surface area contributed by atoms with Crippen LogP contribution in [0.5, 0.6) is 0 Å². The van der Waals surface area contributed by atoms with Gasteiger partial charge in [0.2, 0.25) is 17.7 Å². The fraction of sp³-hybridized carbons (Fsp3) is 0.250. The van der Waals surface area contributed by atoms with E-state index in [1.54, 1.807) is 50.9 Å². The van der Waals surface area contributed by atoms with E-state index in [0.717, 1.165) is 5.56 Å². The highest BCUT2D eigenvalue weighted by molar-refractivity contribution is 8.00. The number of carbonyl (C=O) groups excluding carboxylic acids is 3. The summed E-state index contributed by atoms with van der Waals surface area (Å²) in [6, 6.07) is 23.2. The van der Waals surface area contributed by atoms with E-state index in [-0.39, 0.29) is 30.0 Å². The number of hydrogen-bond acceptors (Lipinski definition) is 5. The van der Waals surface area contributed by atoms with Crippen LogP contribution >= 0.6 is 23.4 Å². The molecule has 8 nitrogen and oxygen atoms in total. The number of nitrogens with zero attached hydrogens (tertiary/aromatic N) is 5. The van der Waals surface area contributed by atoms with E-state index in [0.29, 0.717) is 59.5 Å². The molecule has 3 amide bonds. The van der Waals surface area contributed by atoms with Gasteiger partial charge < -0.3 is 9.80 Å². The molecular formula is C32H29ClFN5O3S. The molecule has 3 heterocycles. The molecule has 0 radical (unpaired) electrons. The van der Waals surface area contributed by atoms with Crippen LogP contribution in [0.15, 0.2) is 78.9 Å². The van der Waals surface area contributed by atoms with Gasteiger partial charge in [0, 0.05) is 49.8 Å². The molecule has 220 valence electrons. The first-order valence-electron chi connectivity index (χ1n) is 14.0. The fourth-order valence-corrected chi connectivity index (χ4v) is 6.99. The summed E-state index contributed by atoms with van der Waals surface area (Å²) in [5.41, 5.74) is 2.93. The van der Waals surface area contributed by atoms with Crippen LogP contribution in [0.1, 0.15) is 23.3 Å². The number of anilines is 1. The monoisotopic (exact) mass is 617 g/mol. The van der Waals surface area contributed by atoms with Crippen molar-refractivity contribution in [2.45, 2.75) is 12.2 Å². The molecule has 2 aliphatic rings. The summed E-state index contributed by atoms with van der Waals surface area (Å²) in [4.78, 5) is 44.3. The van der Waals surface area contributed by atoms with Crippen molar-refractivity contribution in [2.24, 2.45) is 0 Å². The quantitative estimate of drug-likeness (QED) is 0.308. The van der Waals surface area contributed by atoms with Crippen LogP contribution in [0.25, 0.3) is 16.9 Å². The molecule has 1 atom stereocenters. The molecule has 0 aliphatic carbocycles. The molecule has 1 aromatic heterocycles. The van der Waals surface area contributed by atoms with E-state index in [1.165, 1.54) is 29.7 Å². The molecule has 3 aromatic carbocycles. The molecule has 0 N–H and O–H groups in total. The van der Waals surface area contributed by atoms with Crippen molar-refractivity contribution >= 4 is 46.9 Å². The Morgan fingerprint density at radius 1 is 0.930 bits per heavy atom. The molecule has 2 aliphatic heterocycles. The Balaban J connectivity index is 1.53. The topological polar surface area (TPSA) is 78.8 Å². The smallest absolute Gasteiger partial charge is 0.242 e. The zero-order valence-corrected chi connectivity index (χ0v) is 25.0. The molecule has 0 unspecified atom stereocenters. The van der Waals surface area contributed by atoms with E-state index in [4.69, 9.17) is 16.7 Å². The second kappa shape index (κ2) is 12.2. The lowest BCUT2D eigenvalue weighted by Gasteiger charge is -2.35. The van der Waals surface area contributed by atoms with Crippen molar-refractivity contribution in [3.8, 4) is 16.9 Å². The number of para-hydroxylation sites is 1. The van der Waals surface area contributed by atoms with Crippen molar-refractivity contribution in [3.05, 3.63) is 101 Å². The van der Waals surface area contributed by atoms with Crippen LogP contribution < -0.4 is 4.90 Å². The number of carbonyl (C=O) groups is 3. The second-order valence-corrected chi connectivity index (χ2v) is 11.9.